The lowest BCUT2D eigenvalue weighted by molar-refractivity contribution is -0.122. The van der Waals surface area contributed by atoms with Crippen molar-refractivity contribution in [3.63, 3.8) is 0 Å². The second kappa shape index (κ2) is 8.18. The van der Waals surface area contributed by atoms with Crippen LogP contribution in [-0.4, -0.2) is 19.0 Å². The van der Waals surface area contributed by atoms with Crippen LogP contribution in [0.3, 0.4) is 0 Å². The van der Waals surface area contributed by atoms with Gasteiger partial charge in [0, 0.05) is 6.42 Å². The Morgan fingerprint density at radius 2 is 1.95 bits per heavy atom. The van der Waals surface area contributed by atoms with Gasteiger partial charge in [-0.15, -0.1) is 0 Å². The van der Waals surface area contributed by atoms with Crippen molar-refractivity contribution < 1.29 is 4.79 Å². The lowest BCUT2D eigenvalue weighted by Gasteiger charge is -2.23. The fourth-order valence-corrected chi connectivity index (χ4v) is 2.99. The molecule has 1 aliphatic heterocycles. The van der Waals surface area contributed by atoms with Crippen LogP contribution in [0.2, 0.25) is 0 Å². The molecule has 116 valence electrons. The zero-order chi connectivity index (χ0) is 15.1. The van der Waals surface area contributed by atoms with E-state index < -0.39 is 0 Å². The van der Waals surface area contributed by atoms with Crippen molar-refractivity contribution >= 4 is 5.91 Å². The number of carbonyl (C=O) groups is 1. The summed E-state index contributed by atoms with van der Waals surface area (Å²) >= 11 is 0. The van der Waals surface area contributed by atoms with E-state index in [-0.39, 0.29) is 11.9 Å². The fraction of sp³-hybridized carbons (Fsp3) is 0.611. The number of carbonyl (C=O) groups excluding carboxylic acids is 1. The Hall–Kier alpha value is -1.35. The molecule has 0 saturated carbocycles. The van der Waals surface area contributed by atoms with Gasteiger partial charge < -0.3 is 10.6 Å². The summed E-state index contributed by atoms with van der Waals surface area (Å²) in [5.74, 6) is 0.914. The summed E-state index contributed by atoms with van der Waals surface area (Å²) < 4.78 is 0. The average molecular weight is 288 g/mol. The largest absolute Gasteiger partial charge is 0.349 e. The van der Waals surface area contributed by atoms with Crippen LogP contribution in [0.4, 0.5) is 0 Å². The molecule has 0 aliphatic carbocycles. The summed E-state index contributed by atoms with van der Waals surface area (Å²) in [6.07, 6.45) is 5.04. The van der Waals surface area contributed by atoms with Crippen molar-refractivity contribution in [2.24, 2.45) is 5.92 Å². The molecule has 0 aromatic heterocycles. The maximum Gasteiger partial charge on any atom is 0.220 e. The van der Waals surface area contributed by atoms with Crippen molar-refractivity contribution in [3.05, 3.63) is 35.4 Å². The molecule has 3 heteroatoms. The Labute approximate surface area is 128 Å². The molecular weight excluding hydrogens is 260 g/mol. The molecule has 1 saturated heterocycles. The topological polar surface area (TPSA) is 41.1 Å². The van der Waals surface area contributed by atoms with Crippen LogP contribution in [0.5, 0.6) is 0 Å². The molecule has 0 bridgehead atoms. The minimum Gasteiger partial charge on any atom is -0.349 e. The predicted molar refractivity (Wildman–Crippen MR) is 87.2 cm³/mol. The van der Waals surface area contributed by atoms with E-state index in [1.165, 1.54) is 24.0 Å². The van der Waals surface area contributed by atoms with Crippen LogP contribution in [0.1, 0.15) is 56.2 Å². The lowest BCUT2D eigenvalue weighted by Crippen LogP contribution is -2.31. The normalized spacial score (nSPS) is 17.4. The summed E-state index contributed by atoms with van der Waals surface area (Å²) in [5, 5.41) is 6.56. The third kappa shape index (κ3) is 5.16. The maximum atomic E-state index is 12.2. The number of aryl methyl sites for hydroxylation is 1. The first-order chi connectivity index (χ1) is 10.2. The monoisotopic (exact) mass is 288 g/mol. The summed E-state index contributed by atoms with van der Waals surface area (Å²) in [6, 6.07) is 8.61. The van der Waals surface area contributed by atoms with E-state index in [0.717, 1.165) is 31.8 Å². The quantitative estimate of drug-likeness (QED) is 0.843. The Kier molecular flexibility index (Phi) is 6.24. The molecule has 1 atom stereocenters. The molecule has 3 nitrogen and oxygen atoms in total. The third-order valence-corrected chi connectivity index (χ3v) is 4.46. The zero-order valence-corrected chi connectivity index (χ0v) is 13.3. The molecule has 1 amide bonds. The van der Waals surface area contributed by atoms with Crippen molar-refractivity contribution in [1.82, 2.24) is 10.6 Å². The summed E-state index contributed by atoms with van der Waals surface area (Å²) in [7, 11) is 0. The molecule has 1 aliphatic rings. The van der Waals surface area contributed by atoms with Crippen LogP contribution in [0.25, 0.3) is 0 Å². The smallest absolute Gasteiger partial charge is 0.220 e. The molecule has 1 aromatic carbocycles. The minimum absolute atomic E-state index is 0.145. The Morgan fingerprint density at radius 1 is 1.29 bits per heavy atom. The number of benzene rings is 1. The molecule has 1 unspecified atom stereocenters. The Morgan fingerprint density at radius 3 is 2.57 bits per heavy atom. The highest BCUT2D eigenvalue weighted by molar-refractivity contribution is 5.76. The van der Waals surface area contributed by atoms with E-state index in [0.29, 0.717) is 6.42 Å². The van der Waals surface area contributed by atoms with Crippen molar-refractivity contribution in [1.29, 1.82) is 0 Å². The van der Waals surface area contributed by atoms with Gasteiger partial charge in [0.25, 0.3) is 0 Å². The van der Waals surface area contributed by atoms with Gasteiger partial charge in [-0.3, -0.25) is 4.79 Å². The highest BCUT2D eigenvalue weighted by Crippen LogP contribution is 2.20. The first-order valence-corrected chi connectivity index (χ1v) is 8.25. The van der Waals surface area contributed by atoms with Gasteiger partial charge in [0.05, 0.1) is 6.04 Å². The molecule has 1 fully saturated rings. The molecule has 1 heterocycles. The lowest BCUT2D eigenvalue weighted by atomic mass is 9.93. The van der Waals surface area contributed by atoms with Gasteiger partial charge in [0.15, 0.2) is 0 Å². The second-order valence-corrected chi connectivity index (χ2v) is 6.17. The molecule has 0 radical (unpaired) electrons. The van der Waals surface area contributed by atoms with Gasteiger partial charge >= 0.3 is 0 Å². The van der Waals surface area contributed by atoms with E-state index in [4.69, 9.17) is 0 Å². The van der Waals surface area contributed by atoms with E-state index in [1.54, 1.807) is 0 Å². The standard InChI is InChI=1S/C18H28N2O/c1-3-17(16-7-4-14(2)5-8-16)20-18(21)9-6-15-10-12-19-13-11-15/h4-5,7-8,15,17,19H,3,6,9-13H2,1-2H3,(H,20,21). The van der Waals surface area contributed by atoms with Gasteiger partial charge in [-0.05, 0) is 57.2 Å². The summed E-state index contributed by atoms with van der Waals surface area (Å²) in [6.45, 7) is 6.42. The number of hydrogen-bond acceptors (Lipinski definition) is 2. The second-order valence-electron chi connectivity index (χ2n) is 6.17. The molecular formula is C18H28N2O. The fourth-order valence-electron chi connectivity index (χ4n) is 2.99. The number of rotatable bonds is 6. The Balaban J connectivity index is 1.80. The van der Waals surface area contributed by atoms with E-state index in [9.17, 15) is 4.79 Å². The van der Waals surface area contributed by atoms with Gasteiger partial charge in [-0.1, -0.05) is 36.8 Å². The maximum absolute atomic E-state index is 12.2. The van der Waals surface area contributed by atoms with Crippen LogP contribution >= 0.6 is 0 Å². The van der Waals surface area contributed by atoms with Gasteiger partial charge in [0.2, 0.25) is 5.91 Å². The predicted octanol–water partition coefficient (Wildman–Crippen LogP) is 3.34. The minimum atomic E-state index is 0.145. The van der Waals surface area contributed by atoms with E-state index >= 15 is 0 Å². The molecule has 0 spiro atoms. The van der Waals surface area contributed by atoms with Crippen LogP contribution in [0, 0.1) is 12.8 Å². The van der Waals surface area contributed by atoms with Crippen LogP contribution in [0.15, 0.2) is 24.3 Å². The Bertz CT molecular complexity index is 435. The molecule has 1 aromatic rings. The number of nitrogens with one attached hydrogen (secondary N) is 2. The highest BCUT2D eigenvalue weighted by atomic mass is 16.1. The van der Waals surface area contributed by atoms with Crippen molar-refractivity contribution in [2.75, 3.05) is 13.1 Å². The van der Waals surface area contributed by atoms with E-state index in [2.05, 4.69) is 48.7 Å². The average Bonchev–Trinajstić information content (AvgIpc) is 2.52. The summed E-state index contributed by atoms with van der Waals surface area (Å²) in [4.78, 5) is 12.2. The third-order valence-electron chi connectivity index (χ3n) is 4.46. The van der Waals surface area contributed by atoms with Crippen molar-refractivity contribution in [2.45, 2.75) is 52.0 Å². The molecule has 2 rings (SSSR count). The van der Waals surface area contributed by atoms with Crippen LogP contribution < -0.4 is 10.6 Å². The van der Waals surface area contributed by atoms with Crippen LogP contribution in [-0.2, 0) is 4.79 Å². The molecule has 2 N–H and O–H groups in total. The highest BCUT2D eigenvalue weighted by Gasteiger charge is 2.16. The number of hydrogen-bond donors (Lipinski definition) is 2. The first-order valence-electron chi connectivity index (χ1n) is 8.25. The van der Waals surface area contributed by atoms with E-state index in [1.807, 2.05) is 0 Å². The number of piperidine rings is 1. The SMILES string of the molecule is CCC(NC(=O)CCC1CCNCC1)c1ccc(C)cc1. The zero-order valence-electron chi connectivity index (χ0n) is 13.3. The van der Waals surface area contributed by atoms with Crippen molar-refractivity contribution in [3.8, 4) is 0 Å². The van der Waals surface area contributed by atoms with Gasteiger partial charge in [0.1, 0.15) is 0 Å². The van der Waals surface area contributed by atoms with Gasteiger partial charge in [-0.25, -0.2) is 0 Å². The number of amides is 1. The molecule has 21 heavy (non-hydrogen) atoms. The van der Waals surface area contributed by atoms with Gasteiger partial charge in [-0.2, -0.15) is 0 Å². The first kappa shape index (κ1) is 16.0. The summed E-state index contributed by atoms with van der Waals surface area (Å²) in [5.41, 5.74) is 2.46.